The molecular formula is C32H30N6O3. The van der Waals surface area contributed by atoms with Crippen LogP contribution in [0.25, 0.3) is 27.9 Å². The topological polar surface area (TPSA) is 96.0 Å². The molecule has 0 atom stereocenters. The molecule has 1 N–H and O–H groups in total. The molecule has 6 rings (SSSR count). The summed E-state index contributed by atoms with van der Waals surface area (Å²) in [5.74, 6) is -0.172. The maximum atomic E-state index is 12.9. The summed E-state index contributed by atoms with van der Waals surface area (Å²) in [6, 6.07) is 29.1. The first-order valence-electron chi connectivity index (χ1n) is 13.7. The third-order valence-electron chi connectivity index (χ3n) is 7.20. The number of carbonyl (C=O) groups is 1. The number of hydrazone groups is 1. The first-order chi connectivity index (χ1) is 20.1. The fourth-order valence-electron chi connectivity index (χ4n) is 4.99. The summed E-state index contributed by atoms with van der Waals surface area (Å²) in [6.45, 7) is 4.34. The molecule has 41 heavy (non-hydrogen) atoms. The summed E-state index contributed by atoms with van der Waals surface area (Å²) in [6.07, 6.45) is 3.64. The van der Waals surface area contributed by atoms with Gasteiger partial charge in [-0.1, -0.05) is 54.6 Å². The summed E-state index contributed by atoms with van der Waals surface area (Å²) in [5.41, 5.74) is 6.02. The van der Waals surface area contributed by atoms with Crippen LogP contribution >= 0.6 is 0 Å². The third-order valence-corrected chi connectivity index (χ3v) is 7.20. The molecule has 9 heteroatoms. The predicted molar refractivity (Wildman–Crippen MR) is 160 cm³/mol. The number of fused-ring (bicyclic) bond motifs is 1. The number of para-hydroxylation sites is 3. The summed E-state index contributed by atoms with van der Waals surface area (Å²) < 4.78 is 7.24. The molecule has 0 unspecified atom stereocenters. The van der Waals surface area contributed by atoms with Crippen LogP contribution in [0.15, 0.2) is 112 Å². The van der Waals surface area contributed by atoms with Gasteiger partial charge < -0.3 is 9.32 Å². The van der Waals surface area contributed by atoms with Crippen LogP contribution in [0.1, 0.15) is 12.0 Å². The number of rotatable bonds is 8. The number of carbonyl (C=O) groups excluding carboxylic acids is 1. The van der Waals surface area contributed by atoms with E-state index in [1.807, 2.05) is 54.6 Å². The van der Waals surface area contributed by atoms with Crippen molar-refractivity contribution in [3.63, 3.8) is 0 Å². The van der Waals surface area contributed by atoms with Gasteiger partial charge in [0.25, 0.3) is 0 Å². The number of benzene rings is 3. The Balaban J connectivity index is 1.13. The number of nitrogens with zero attached hydrogens (tertiary/aromatic N) is 5. The van der Waals surface area contributed by atoms with Gasteiger partial charge in [-0.25, -0.2) is 14.9 Å². The molecule has 2 aromatic heterocycles. The lowest BCUT2D eigenvalue weighted by Gasteiger charge is -2.36. The minimum absolute atomic E-state index is 0.172. The average molecular weight is 547 g/mol. The van der Waals surface area contributed by atoms with Gasteiger partial charge in [0.05, 0.1) is 17.5 Å². The predicted octanol–water partition coefficient (Wildman–Crippen LogP) is 4.31. The summed E-state index contributed by atoms with van der Waals surface area (Å²) in [7, 11) is 0. The zero-order valence-corrected chi connectivity index (χ0v) is 22.5. The van der Waals surface area contributed by atoms with E-state index in [9.17, 15) is 9.59 Å². The van der Waals surface area contributed by atoms with Crippen LogP contribution in [-0.4, -0.2) is 59.5 Å². The van der Waals surface area contributed by atoms with Crippen LogP contribution in [0.2, 0.25) is 0 Å². The molecule has 0 saturated carbocycles. The zero-order chi connectivity index (χ0) is 28.0. The van der Waals surface area contributed by atoms with Crippen LogP contribution in [0.4, 0.5) is 5.69 Å². The number of nitrogens with one attached hydrogen (secondary N) is 1. The highest BCUT2D eigenvalue weighted by molar-refractivity contribution is 5.91. The van der Waals surface area contributed by atoms with Crippen molar-refractivity contribution in [3.8, 4) is 16.9 Å². The fraction of sp³-hybridized carbons (Fsp3) is 0.188. The molecular weight excluding hydrogens is 516 g/mol. The highest BCUT2D eigenvalue weighted by Gasteiger charge is 2.19. The van der Waals surface area contributed by atoms with Crippen molar-refractivity contribution in [2.75, 3.05) is 37.6 Å². The van der Waals surface area contributed by atoms with Crippen molar-refractivity contribution < 1.29 is 9.21 Å². The van der Waals surface area contributed by atoms with Gasteiger partial charge in [-0.2, -0.15) is 10.2 Å². The lowest BCUT2D eigenvalue weighted by atomic mass is 10.1. The van der Waals surface area contributed by atoms with Crippen LogP contribution < -0.4 is 16.0 Å². The SMILES string of the molecule is O=C(CCN1CCN(c2ccccc2)CC1)NN=Cc1cn(-c2ccccc2)nc1-c1cc2ccccc2oc1=O. The van der Waals surface area contributed by atoms with Crippen LogP contribution in [0.3, 0.4) is 0 Å². The summed E-state index contributed by atoms with van der Waals surface area (Å²) >= 11 is 0. The van der Waals surface area contributed by atoms with E-state index >= 15 is 0 Å². The Morgan fingerprint density at radius 1 is 0.902 bits per heavy atom. The minimum atomic E-state index is -0.493. The van der Waals surface area contributed by atoms with Gasteiger partial charge in [0.15, 0.2) is 0 Å². The maximum Gasteiger partial charge on any atom is 0.345 e. The highest BCUT2D eigenvalue weighted by Crippen LogP contribution is 2.24. The van der Waals surface area contributed by atoms with Crippen LogP contribution in [0, 0.1) is 0 Å². The van der Waals surface area contributed by atoms with Crippen LogP contribution in [-0.2, 0) is 4.79 Å². The van der Waals surface area contributed by atoms with Gasteiger partial charge in [0.2, 0.25) is 5.91 Å². The lowest BCUT2D eigenvalue weighted by Crippen LogP contribution is -2.47. The molecule has 0 radical (unpaired) electrons. The van der Waals surface area contributed by atoms with E-state index in [2.05, 4.69) is 49.7 Å². The van der Waals surface area contributed by atoms with E-state index < -0.39 is 5.63 Å². The maximum absolute atomic E-state index is 12.9. The second-order valence-electron chi connectivity index (χ2n) is 9.91. The normalized spacial score (nSPS) is 14.1. The first kappa shape index (κ1) is 26.2. The molecule has 1 saturated heterocycles. The van der Waals surface area contributed by atoms with E-state index in [0.29, 0.717) is 35.4 Å². The van der Waals surface area contributed by atoms with Gasteiger partial charge in [0.1, 0.15) is 11.3 Å². The molecule has 0 spiro atoms. The molecule has 1 aliphatic heterocycles. The van der Waals surface area contributed by atoms with Gasteiger partial charge in [-0.3, -0.25) is 9.69 Å². The second kappa shape index (κ2) is 12.0. The Labute approximate surface area is 237 Å². The van der Waals surface area contributed by atoms with Crippen molar-refractivity contribution in [1.29, 1.82) is 0 Å². The fourth-order valence-corrected chi connectivity index (χ4v) is 4.99. The number of amides is 1. The Bertz CT molecular complexity index is 1720. The number of anilines is 1. The summed E-state index contributed by atoms with van der Waals surface area (Å²) in [5, 5.41) is 9.68. The smallest absolute Gasteiger partial charge is 0.345 e. The number of piperazine rings is 1. The van der Waals surface area contributed by atoms with E-state index in [0.717, 1.165) is 37.3 Å². The van der Waals surface area contributed by atoms with Gasteiger partial charge in [-0.05, 0) is 36.4 Å². The Hall–Kier alpha value is -5.02. The quantitative estimate of drug-likeness (QED) is 0.177. The average Bonchev–Trinajstić information content (AvgIpc) is 3.44. The molecule has 3 heterocycles. The number of hydrogen-bond acceptors (Lipinski definition) is 7. The Morgan fingerprint density at radius 2 is 1.59 bits per heavy atom. The first-order valence-corrected chi connectivity index (χ1v) is 13.7. The van der Waals surface area contributed by atoms with Crippen molar-refractivity contribution in [1.82, 2.24) is 20.1 Å². The highest BCUT2D eigenvalue weighted by atomic mass is 16.4. The molecule has 1 amide bonds. The number of hydrogen-bond donors (Lipinski definition) is 1. The van der Waals surface area contributed by atoms with Crippen molar-refractivity contribution in [2.24, 2.45) is 5.10 Å². The molecule has 0 aliphatic carbocycles. The van der Waals surface area contributed by atoms with E-state index in [1.54, 1.807) is 23.0 Å². The summed E-state index contributed by atoms with van der Waals surface area (Å²) in [4.78, 5) is 30.2. The van der Waals surface area contributed by atoms with Crippen molar-refractivity contribution >= 4 is 28.8 Å². The van der Waals surface area contributed by atoms with Gasteiger partial charge in [-0.15, -0.1) is 0 Å². The Kier molecular flexibility index (Phi) is 7.68. The van der Waals surface area contributed by atoms with Crippen LogP contribution in [0.5, 0.6) is 0 Å². The minimum Gasteiger partial charge on any atom is -0.422 e. The Morgan fingerprint density at radius 3 is 2.34 bits per heavy atom. The standard InChI is InChI=1S/C32H30N6O3/c39-30(15-16-36-17-19-37(20-18-36)26-10-3-1-4-11-26)34-33-22-25-23-38(27-12-5-2-6-13-27)35-31(25)28-21-24-9-7-8-14-29(24)41-32(28)40/h1-14,21-23H,15-20H2,(H,34,39). The molecule has 3 aromatic carbocycles. The van der Waals surface area contributed by atoms with E-state index in [-0.39, 0.29) is 5.91 Å². The largest absolute Gasteiger partial charge is 0.422 e. The third kappa shape index (κ3) is 6.10. The van der Waals surface area contributed by atoms with E-state index in [4.69, 9.17) is 4.42 Å². The molecule has 5 aromatic rings. The van der Waals surface area contributed by atoms with Gasteiger partial charge >= 0.3 is 5.63 Å². The molecule has 1 aliphatic rings. The molecule has 206 valence electrons. The monoisotopic (exact) mass is 546 g/mol. The number of aromatic nitrogens is 2. The molecule has 9 nitrogen and oxygen atoms in total. The van der Waals surface area contributed by atoms with E-state index in [1.165, 1.54) is 11.9 Å². The van der Waals surface area contributed by atoms with Crippen molar-refractivity contribution in [2.45, 2.75) is 6.42 Å². The molecule has 0 bridgehead atoms. The van der Waals surface area contributed by atoms with Crippen molar-refractivity contribution in [3.05, 3.63) is 113 Å². The molecule has 1 fully saturated rings. The lowest BCUT2D eigenvalue weighted by molar-refractivity contribution is -0.121. The second-order valence-corrected chi connectivity index (χ2v) is 9.91. The zero-order valence-electron chi connectivity index (χ0n) is 22.5. The van der Waals surface area contributed by atoms with Gasteiger partial charge in [0, 0.05) is 62.0 Å².